The minimum Gasteiger partial charge on any atom is -0.503 e. The minimum atomic E-state index is -0.969. The molecule has 5 heteroatoms. The van der Waals surface area contributed by atoms with Crippen molar-refractivity contribution in [3.63, 3.8) is 0 Å². The SMILES string of the molecule is CC1=NC(=Cc2cc(F)c(O)c(F)c2)CN1C. The molecule has 0 spiro atoms. The number of likely N-dealkylation sites (N-methyl/N-ethyl adjacent to an activating group) is 1. The molecule has 1 aromatic rings. The van der Waals surface area contributed by atoms with Crippen molar-refractivity contribution in [1.29, 1.82) is 0 Å². The lowest BCUT2D eigenvalue weighted by atomic mass is 10.1. The first-order valence-electron chi connectivity index (χ1n) is 5.12. The van der Waals surface area contributed by atoms with Gasteiger partial charge in [0.2, 0.25) is 0 Å². The van der Waals surface area contributed by atoms with Gasteiger partial charge < -0.3 is 10.0 Å². The molecule has 90 valence electrons. The second-order valence-electron chi connectivity index (χ2n) is 3.98. The van der Waals surface area contributed by atoms with Crippen molar-refractivity contribution in [2.24, 2.45) is 4.99 Å². The molecule has 0 amide bonds. The van der Waals surface area contributed by atoms with Crippen LogP contribution in [0.2, 0.25) is 0 Å². The summed E-state index contributed by atoms with van der Waals surface area (Å²) >= 11 is 0. The van der Waals surface area contributed by atoms with Crippen molar-refractivity contribution in [2.75, 3.05) is 13.6 Å². The Labute approximate surface area is 97.7 Å². The van der Waals surface area contributed by atoms with Gasteiger partial charge in [0.05, 0.1) is 12.2 Å². The first kappa shape index (κ1) is 11.6. The van der Waals surface area contributed by atoms with Gasteiger partial charge in [-0.2, -0.15) is 0 Å². The molecule has 1 aliphatic rings. The van der Waals surface area contributed by atoms with Gasteiger partial charge in [0.1, 0.15) is 5.84 Å². The quantitative estimate of drug-likeness (QED) is 0.815. The molecular formula is C12H12F2N2O. The van der Waals surface area contributed by atoms with Crippen LogP contribution in [0.3, 0.4) is 0 Å². The molecule has 1 aromatic carbocycles. The Hall–Kier alpha value is -1.91. The minimum absolute atomic E-state index is 0.347. The molecule has 0 aromatic heterocycles. The van der Waals surface area contributed by atoms with Crippen molar-refractivity contribution in [3.05, 3.63) is 35.0 Å². The molecule has 0 fully saturated rings. The largest absolute Gasteiger partial charge is 0.503 e. The van der Waals surface area contributed by atoms with E-state index < -0.39 is 17.4 Å². The topological polar surface area (TPSA) is 35.8 Å². The molecule has 0 saturated carbocycles. The number of hydrogen-bond acceptors (Lipinski definition) is 3. The zero-order chi connectivity index (χ0) is 12.6. The second-order valence-corrected chi connectivity index (χ2v) is 3.98. The van der Waals surface area contributed by atoms with Gasteiger partial charge in [-0.05, 0) is 30.7 Å². The van der Waals surface area contributed by atoms with Crippen molar-refractivity contribution < 1.29 is 13.9 Å². The van der Waals surface area contributed by atoms with Gasteiger partial charge >= 0.3 is 0 Å². The average Bonchev–Trinajstić information content (AvgIpc) is 2.54. The lowest BCUT2D eigenvalue weighted by Gasteiger charge is -2.08. The fraction of sp³-hybridized carbons (Fsp3) is 0.250. The number of rotatable bonds is 1. The summed E-state index contributed by atoms with van der Waals surface area (Å²) in [6.07, 6.45) is 1.60. The van der Waals surface area contributed by atoms with Crippen molar-refractivity contribution in [3.8, 4) is 5.75 Å². The van der Waals surface area contributed by atoms with E-state index >= 15 is 0 Å². The summed E-state index contributed by atoms with van der Waals surface area (Å²) in [6.45, 7) is 2.47. The zero-order valence-electron chi connectivity index (χ0n) is 9.54. The van der Waals surface area contributed by atoms with Gasteiger partial charge in [0.15, 0.2) is 17.4 Å². The third-order valence-corrected chi connectivity index (χ3v) is 2.63. The Morgan fingerprint density at radius 1 is 1.35 bits per heavy atom. The molecule has 17 heavy (non-hydrogen) atoms. The number of hydrogen-bond donors (Lipinski definition) is 1. The first-order chi connectivity index (χ1) is 7.97. The Balaban J connectivity index is 2.35. The van der Waals surface area contributed by atoms with Crippen LogP contribution in [-0.4, -0.2) is 29.4 Å². The molecule has 0 atom stereocenters. The number of amidine groups is 1. The lowest BCUT2D eigenvalue weighted by Crippen LogP contribution is -2.18. The van der Waals surface area contributed by atoms with E-state index in [4.69, 9.17) is 5.11 Å². The maximum absolute atomic E-state index is 13.1. The van der Waals surface area contributed by atoms with Gasteiger partial charge in [-0.3, -0.25) is 0 Å². The van der Waals surface area contributed by atoms with Crippen molar-refractivity contribution in [2.45, 2.75) is 6.92 Å². The van der Waals surface area contributed by atoms with E-state index in [2.05, 4.69) is 4.99 Å². The average molecular weight is 238 g/mol. The van der Waals surface area contributed by atoms with E-state index in [1.165, 1.54) is 0 Å². The highest BCUT2D eigenvalue weighted by Gasteiger charge is 2.14. The monoisotopic (exact) mass is 238 g/mol. The van der Waals surface area contributed by atoms with Crippen LogP contribution in [0.15, 0.2) is 22.8 Å². The number of benzene rings is 1. The maximum Gasteiger partial charge on any atom is 0.187 e. The molecule has 1 aliphatic heterocycles. The number of phenols is 1. The summed E-state index contributed by atoms with van der Waals surface area (Å²) in [4.78, 5) is 6.17. The van der Waals surface area contributed by atoms with Crippen LogP contribution in [0.25, 0.3) is 6.08 Å². The Morgan fingerprint density at radius 3 is 2.41 bits per heavy atom. The van der Waals surface area contributed by atoms with Crippen LogP contribution in [0.5, 0.6) is 5.75 Å². The fourth-order valence-electron chi connectivity index (χ4n) is 1.62. The van der Waals surface area contributed by atoms with Crippen LogP contribution in [0, 0.1) is 11.6 Å². The maximum atomic E-state index is 13.1. The lowest BCUT2D eigenvalue weighted by molar-refractivity contribution is 0.396. The van der Waals surface area contributed by atoms with E-state index in [0.717, 1.165) is 23.7 Å². The Bertz CT molecular complexity index is 500. The van der Waals surface area contributed by atoms with E-state index in [1.54, 1.807) is 6.08 Å². The molecule has 0 aliphatic carbocycles. The molecule has 0 unspecified atom stereocenters. The van der Waals surface area contributed by atoms with Crippen molar-refractivity contribution >= 4 is 11.9 Å². The summed E-state index contributed by atoms with van der Waals surface area (Å²) in [5.74, 6) is -2.03. The highest BCUT2D eigenvalue weighted by molar-refractivity contribution is 5.84. The van der Waals surface area contributed by atoms with Crippen molar-refractivity contribution in [1.82, 2.24) is 4.90 Å². The number of phenolic OH excluding ortho intramolecular Hbond substituents is 1. The van der Waals surface area contributed by atoms with Crippen LogP contribution in [-0.2, 0) is 0 Å². The van der Waals surface area contributed by atoms with Gasteiger partial charge in [-0.1, -0.05) is 0 Å². The number of halogens is 2. The summed E-state index contributed by atoms with van der Waals surface area (Å²) in [6, 6.07) is 2.16. The Morgan fingerprint density at radius 2 is 1.94 bits per heavy atom. The van der Waals surface area contributed by atoms with E-state index in [9.17, 15) is 8.78 Å². The predicted octanol–water partition coefficient (Wildman–Crippen LogP) is 2.38. The molecule has 0 saturated heterocycles. The van der Waals surface area contributed by atoms with Crippen LogP contribution < -0.4 is 0 Å². The van der Waals surface area contributed by atoms with Gasteiger partial charge in [-0.25, -0.2) is 13.8 Å². The molecule has 1 heterocycles. The summed E-state index contributed by atoms with van der Waals surface area (Å²) < 4.78 is 26.2. The number of aliphatic imine (C=N–C) groups is 1. The highest BCUT2D eigenvalue weighted by Crippen LogP contribution is 2.23. The molecule has 3 nitrogen and oxygen atoms in total. The van der Waals surface area contributed by atoms with Crippen LogP contribution in [0.1, 0.15) is 12.5 Å². The predicted molar refractivity (Wildman–Crippen MR) is 61.7 cm³/mol. The van der Waals surface area contributed by atoms with Gasteiger partial charge in [0, 0.05) is 7.05 Å². The molecule has 1 N–H and O–H groups in total. The molecule has 2 rings (SSSR count). The summed E-state index contributed by atoms with van der Waals surface area (Å²) in [5, 5.41) is 8.97. The number of nitrogens with zero attached hydrogens (tertiary/aromatic N) is 2. The molecule has 0 radical (unpaired) electrons. The van der Waals surface area contributed by atoms with E-state index in [1.807, 2.05) is 18.9 Å². The first-order valence-corrected chi connectivity index (χ1v) is 5.12. The van der Waals surface area contributed by atoms with Gasteiger partial charge in [0.25, 0.3) is 0 Å². The standard InChI is InChI=1S/C12H12F2N2O/c1-7-15-9(6-16(7)2)3-8-4-10(13)12(17)11(14)5-8/h3-5,17H,6H2,1-2H3. The van der Waals surface area contributed by atoms with Crippen LogP contribution >= 0.6 is 0 Å². The smallest absolute Gasteiger partial charge is 0.187 e. The van der Waals surface area contributed by atoms with E-state index in [-0.39, 0.29) is 0 Å². The fourth-order valence-corrected chi connectivity index (χ4v) is 1.62. The second kappa shape index (κ2) is 4.16. The summed E-state index contributed by atoms with van der Waals surface area (Å²) in [5.41, 5.74) is 1.08. The zero-order valence-corrected chi connectivity index (χ0v) is 9.54. The molecule has 0 bridgehead atoms. The third-order valence-electron chi connectivity index (χ3n) is 2.63. The number of aromatic hydroxyl groups is 1. The van der Waals surface area contributed by atoms with Gasteiger partial charge in [-0.15, -0.1) is 0 Å². The normalized spacial score (nSPS) is 17.8. The molecular weight excluding hydrogens is 226 g/mol. The van der Waals surface area contributed by atoms with Crippen LogP contribution in [0.4, 0.5) is 8.78 Å². The summed E-state index contributed by atoms with van der Waals surface area (Å²) in [7, 11) is 1.89. The third kappa shape index (κ3) is 2.27. The Kier molecular flexibility index (Phi) is 2.83. The van der Waals surface area contributed by atoms with E-state index in [0.29, 0.717) is 12.1 Å². The highest BCUT2D eigenvalue weighted by atomic mass is 19.1.